The van der Waals surface area contributed by atoms with Gasteiger partial charge in [0.1, 0.15) is 6.04 Å². The first-order chi connectivity index (χ1) is 11.7. The van der Waals surface area contributed by atoms with Crippen LogP contribution in [0.5, 0.6) is 0 Å². The molecule has 0 fully saturated rings. The largest absolute Gasteiger partial charge is 0.324 e. The van der Waals surface area contributed by atoms with E-state index in [9.17, 15) is 13.2 Å². The van der Waals surface area contributed by atoms with Crippen molar-refractivity contribution in [3.8, 4) is 0 Å². The molecule has 0 radical (unpaired) electrons. The van der Waals surface area contributed by atoms with E-state index >= 15 is 0 Å². The predicted molar refractivity (Wildman–Crippen MR) is 101 cm³/mol. The number of para-hydroxylation sites is 1. The number of carbonyl (C=O) groups excluding carboxylic acids is 1. The molecule has 5 nitrogen and oxygen atoms in total. The molecule has 1 N–H and O–H groups in total. The van der Waals surface area contributed by atoms with Crippen LogP contribution in [0.15, 0.2) is 54.6 Å². The number of amides is 1. The molecule has 0 spiro atoms. The summed E-state index contributed by atoms with van der Waals surface area (Å²) >= 11 is 0. The van der Waals surface area contributed by atoms with Crippen LogP contribution >= 0.6 is 0 Å². The SMILES string of the molecule is CC(C)c1ccccc1NC(=O)C(c1ccccc1)N(C)S(C)(=O)=O. The van der Waals surface area contributed by atoms with E-state index in [0.29, 0.717) is 11.3 Å². The van der Waals surface area contributed by atoms with E-state index < -0.39 is 16.1 Å². The summed E-state index contributed by atoms with van der Waals surface area (Å²) in [7, 11) is -2.12. The Morgan fingerprint density at radius 3 is 2.12 bits per heavy atom. The second-order valence-electron chi connectivity index (χ2n) is 6.32. The molecule has 0 heterocycles. The van der Waals surface area contributed by atoms with Crippen LogP contribution < -0.4 is 5.32 Å². The average Bonchev–Trinajstić information content (AvgIpc) is 2.55. The van der Waals surface area contributed by atoms with Crippen LogP contribution in [0.2, 0.25) is 0 Å². The Morgan fingerprint density at radius 1 is 1.00 bits per heavy atom. The number of hydrogen-bond donors (Lipinski definition) is 1. The zero-order valence-corrected chi connectivity index (χ0v) is 15.7. The van der Waals surface area contributed by atoms with Crippen LogP contribution in [0.25, 0.3) is 0 Å². The molecular weight excluding hydrogens is 336 g/mol. The maximum absolute atomic E-state index is 13.0. The third-order valence-corrected chi connectivity index (χ3v) is 5.35. The molecule has 0 aliphatic heterocycles. The smallest absolute Gasteiger partial charge is 0.247 e. The highest BCUT2D eigenvalue weighted by Gasteiger charge is 2.31. The van der Waals surface area contributed by atoms with Gasteiger partial charge in [0.25, 0.3) is 0 Å². The van der Waals surface area contributed by atoms with E-state index in [4.69, 9.17) is 0 Å². The van der Waals surface area contributed by atoms with Crippen molar-refractivity contribution in [2.24, 2.45) is 0 Å². The van der Waals surface area contributed by atoms with Crippen molar-refractivity contribution < 1.29 is 13.2 Å². The Kier molecular flexibility index (Phi) is 5.98. The van der Waals surface area contributed by atoms with Crippen LogP contribution in [-0.4, -0.2) is 31.9 Å². The van der Waals surface area contributed by atoms with Gasteiger partial charge in [-0.1, -0.05) is 62.4 Å². The molecule has 0 aromatic heterocycles. The second-order valence-corrected chi connectivity index (χ2v) is 8.37. The number of likely N-dealkylation sites (N-methyl/N-ethyl adjacent to an activating group) is 1. The lowest BCUT2D eigenvalue weighted by Crippen LogP contribution is -2.38. The fourth-order valence-corrected chi connectivity index (χ4v) is 3.27. The molecule has 0 aliphatic rings. The number of hydrogen-bond acceptors (Lipinski definition) is 3. The minimum atomic E-state index is -3.54. The molecule has 1 unspecified atom stereocenters. The van der Waals surface area contributed by atoms with E-state index in [2.05, 4.69) is 5.32 Å². The number of sulfonamides is 1. The summed E-state index contributed by atoms with van der Waals surface area (Å²) in [4.78, 5) is 13.0. The Balaban J connectivity index is 2.40. The van der Waals surface area contributed by atoms with Gasteiger partial charge in [-0.3, -0.25) is 4.79 Å². The third kappa shape index (κ3) is 4.67. The fraction of sp³-hybridized carbons (Fsp3) is 0.316. The predicted octanol–water partition coefficient (Wildman–Crippen LogP) is 3.38. The van der Waals surface area contributed by atoms with Gasteiger partial charge in [0.15, 0.2) is 0 Å². The lowest BCUT2D eigenvalue weighted by molar-refractivity contribution is -0.119. The molecule has 6 heteroatoms. The standard InChI is InChI=1S/C19H24N2O3S/c1-14(2)16-12-8-9-13-17(16)20-19(22)18(21(3)25(4,23)24)15-10-6-5-7-11-15/h5-14,18H,1-4H3,(H,20,22). The summed E-state index contributed by atoms with van der Waals surface area (Å²) in [6, 6.07) is 15.5. The van der Waals surface area contributed by atoms with Gasteiger partial charge in [0.05, 0.1) is 6.26 Å². The molecule has 0 bridgehead atoms. The first-order valence-electron chi connectivity index (χ1n) is 8.09. The van der Waals surface area contributed by atoms with Crippen molar-refractivity contribution in [1.82, 2.24) is 4.31 Å². The Labute approximate surface area is 149 Å². The highest BCUT2D eigenvalue weighted by Crippen LogP contribution is 2.27. The molecule has 25 heavy (non-hydrogen) atoms. The molecule has 2 rings (SSSR count). The number of benzene rings is 2. The van der Waals surface area contributed by atoms with Gasteiger partial charge in [-0.25, -0.2) is 8.42 Å². The summed E-state index contributed by atoms with van der Waals surface area (Å²) in [6.07, 6.45) is 1.10. The van der Waals surface area contributed by atoms with E-state index in [0.717, 1.165) is 16.1 Å². The van der Waals surface area contributed by atoms with Crippen molar-refractivity contribution in [3.63, 3.8) is 0 Å². The van der Waals surface area contributed by atoms with Crippen LogP contribution in [0, 0.1) is 0 Å². The van der Waals surface area contributed by atoms with Crippen LogP contribution in [0.1, 0.15) is 36.9 Å². The first-order valence-corrected chi connectivity index (χ1v) is 9.94. The average molecular weight is 360 g/mol. The van der Waals surface area contributed by atoms with Gasteiger partial charge >= 0.3 is 0 Å². The highest BCUT2D eigenvalue weighted by atomic mass is 32.2. The van der Waals surface area contributed by atoms with Crippen molar-refractivity contribution >= 4 is 21.6 Å². The first kappa shape index (κ1) is 19.1. The van der Waals surface area contributed by atoms with Gasteiger partial charge in [0.2, 0.25) is 15.9 Å². The second kappa shape index (κ2) is 7.80. The lowest BCUT2D eigenvalue weighted by Gasteiger charge is -2.26. The monoisotopic (exact) mass is 360 g/mol. The van der Waals surface area contributed by atoms with Gasteiger partial charge in [-0.15, -0.1) is 0 Å². The molecule has 0 saturated heterocycles. The third-order valence-electron chi connectivity index (χ3n) is 4.09. The molecule has 0 saturated carbocycles. The van der Waals surface area contributed by atoms with Crippen LogP contribution in [0.3, 0.4) is 0 Å². The lowest BCUT2D eigenvalue weighted by atomic mass is 10.0. The minimum Gasteiger partial charge on any atom is -0.324 e. The number of nitrogens with one attached hydrogen (secondary N) is 1. The van der Waals surface area contributed by atoms with E-state index in [1.54, 1.807) is 24.3 Å². The summed E-state index contributed by atoms with van der Waals surface area (Å²) in [5, 5.41) is 2.90. The van der Waals surface area contributed by atoms with Crippen molar-refractivity contribution in [2.75, 3.05) is 18.6 Å². The molecule has 0 aliphatic carbocycles. The van der Waals surface area contributed by atoms with Crippen LogP contribution in [0.4, 0.5) is 5.69 Å². The zero-order chi connectivity index (χ0) is 18.6. The summed E-state index contributed by atoms with van der Waals surface area (Å²) < 4.78 is 25.1. The number of anilines is 1. The molecule has 1 amide bonds. The number of rotatable bonds is 6. The normalized spacial score (nSPS) is 13.0. The number of nitrogens with zero attached hydrogens (tertiary/aromatic N) is 1. The van der Waals surface area contributed by atoms with Gasteiger partial charge in [-0.05, 0) is 23.1 Å². The molecule has 2 aromatic carbocycles. The topological polar surface area (TPSA) is 66.5 Å². The Bertz CT molecular complexity index is 833. The maximum Gasteiger partial charge on any atom is 0.247 e. The maximum atomic E-state index is 13.0. The minimum absolute atomic E-state index is 0.235. The quantitative estimate of drug-likeness (QED) is 0.859. The fourth-order valence-electron chi connectivity index (χ4n) is 2.67. The van der Waals surface area contributed by atoms with Gasteiger partial charge < -0.3 is 5.32 Å². The van der Waals surface area contributed by atoms with Crippen LogP contribution in [-0.2, 0) is 14.8 Å². The summed E-state index contributed by atoms with van der Waals surface area (Å²) in [5.41, 5.74) is 2.32. The molecule has 1 atom stereocenters. The zero-order valence-electron chi connectivity index (χ0n) is 14.9. The summed E-state index contributed by atoms with van der Waals surface area (Å²) in [5.74, 6) is -0.147. The summed E-state index contributed by atoms with van der Waals surface area (Å²) in [6.45, 7) is 4.09. The number of carbonyl (C=O) groups is 1. The van der Waals surface area contributed by atoms with Crippen molar-refractivity contribution in [1.29, 1.82) is 0 Å². The Morgan fingerprint density at radius 2 is 1.56 bits per heavy atom. The van der Waals surface area contributed by atoms with E-state index in [1.165, 1.54) is 7.05 Å². The molecule has 2 aromatic rings. The van der Waals surface area contributed by atoms with E-state index in [-0.39, 0.29) is 11.8 Å². The van der Waals surface area contributed by atoms with Crippen molar-refractivity contribution in [3.05, 3.63) is 65.7 Å². The van der Waals surface area contributed by atoms with Crippen molar-refractivity contribution in [2.45, 2.75) is 25.8 Å². The molecule has 134 valence electrons. The van der Waals surface area contributed by atoms with E-state index in [1.807, 2.05) is 44.2 Å². The van der Waals surface area contributed by atoms with Gasteiger partial charge in [0, 0.05) is 12.7 Å². The molecular formula is C19H24N2O3S. The highest BCUT2D eigenvalue weighted by molar-refractivity contribution is 7.88. The Hall–Kier alpha value is -2.18. The van der Waals surface area contributed by atoms with Gasteiger partial charge in [-0.2, -0.15) is 4.31 Å².